The molecular formula is C16H19BrClFN2. The van der Waals surface area contributed by atoms with Crippen molar-refractivity contribution in [2.24, 2.45) is 5.41 Å². The number of benzene rings is 1. The molecule has 114 valence electrons. The van der Waals surface area contributed by atoms with Gasteiger partial charge in [-0.25, -0.2) is 9.37 Å². The van der Waals surface area contributed by atoms with E-state index < -0.39 is 0 Å². The highest BCUT2D eigenvalue weighted by Crippen LogP contribution is 2.46. The van der Waals surface area contributed by atoms with Gasteiger partial charge in [0.2, 0.25) is 0 Å². The molecule has 1 aromatic carbocycles. The molecule has 2 aromatic rings. The number of halogens is 3. The first kappa shape index (κ1) is 15.3. The normalized spacial score (nSPS) is 17.1. The summed E-state index contributed by atoms with van der Waals surface area (Å²) in [4.78, 5) is 4.66. The highest BCUT2D eigenvalue weighted by Gasteiger charge is 2.36. The maximum Gasteiger partial charge on any atom is 0.139 e. The summed E-state index contributed by atoms with van der Waals surface area (Å²) in [5.41, 5.74) is 2.09. The quantitative estimate of drug-likeness (QED) is 0.650. The van der Waals surface area contributed by atoms with E-state index in [0.717, 1.165) is 36.2 Å². The summed E-state index contributed by atoms with van der Waals surface area (Å²) in [5.74, 6) is 1.27. The zero-order chi connectivity index (χ0) is 15.0. The van der Waals surface area contributed by atoms with Crippen LogP contribution in [0.3, 0.4) is 0 Å². The minimum absolute atomic E-state index is 0.236. The van der Waals surface area contributed by atoms with E-state index in [9.17, 15) is 4.39 Å². The van der Waals surface area contributed by atoms with E-state index in [-0.39, 0.29) is 5.82 Å². The number of hydrogen-bond donors (Lipinski definition) is 0. The van der Waals surface area contributed by atoms with Crippen LogP contribution in [0.4, 0.5) is 4.39 Å². The lowest BCUT2D eigenvalue weighted by Crippen LogP contribution is -2.34. The first-order valence-corrected chi connectivity index (χ1v) is 8.81. The van der Waals surface area contributed by atoms with Gasteiger partial charge in [-0.15, -0.1) is 11.6 Å². The van der Waals surface area contributed by atoms with Crippen molar-refractivity contribution in [3.8, 4) is 0 Å². The van der Waals surface area contributed by atoms with Crippen molar-refractivity contribution in [1.29, 1.82) is 0 Å². The molecule has 0 bridgehead atoms. The van der Waals surface area contributed by atoms with Gasteiger partial charge in [-0.1, -0.05) is 13.3 Å². The highest BCUT2D eigenvalue weighted by molar-refractivity contribution is 9.10. The Morgan fingerprint density at radius 1 is 1.43 bits per heavy atom. The summed E-state index contributed by atoms with van der Waals surface area (Å²) in [6.45, 7) is 3.17. The molecule has 1 fully saturated rings. The molecule has 2 nitrogen and oxygen atoms in total. The molecule has 0 N–H and O–H groups in total. The predicted molar refractivity (Wildman–Crippen MR) is 88.4 cm³/mol. The third-order valence-corrected chi connectivity index (χ3v) is 5.64. The number of aromatic nitrogens is 2. The molecule has 0 atom stereocenters. The van der Waals surface area contributed by atoms with Crippen molar-refractivity contribution in [3.05, 3.63) is 28.2 Å². The van der Waals surface area contributed by atoms with Crippen molar-refractivity contribution >= 4 is 38.6 Å². The first-order valence-electron chi connectivity index (χ1n) is 7.49. The van der Waals surface area contributed by atoms with Crippen LogP contribution in [0.5, 0.6) is 0 Å². The molecule has 0 saturated heterocycles. The molecule has 1 heterocycles. The Bertz CT molecular complexity index is 658. The lowest BCUT2D eigenvalue weighted by molar-refractivity contribution is 0.101. The van der Waals surface area contributed by atoms with Crippen LogP contribution < -0.4 is 0 Å². The highest BCUT2D eigenvalue weighted by atomic mass is 79.9. The Balaban J connectivity index is 2.09. The molecule has 3 rings (SSSR count). The Labute approximate surface area is 137 Å². The van der Waals surface area contributed by atoms with Crippen molar-refractivity contribution < 1.29 is 4.39 Å². The molecular weight excluding hydrogens is 355 g/mol. The molecule has 0 aliphatic heterocycles. The van der Waals surface area contributed by atoms with Gasteiger partial charge < -0.3 is 4.57 Å². The summed E-state index contributed by atoms with van der Waals surface area (Å²) in [5, 5.41) is 0. The molecule has 1 saturated carbocycles. The summed E-state index contributed by atoms with van der Waals surface area (Å²) in [6, 6.07) is 3.35. The minimum Gasteiger partial charge on any atom is -0.327 e. The third kappa shape index (κ3) is 2.72. The molecule has 0 radical (unpaired) electrons. The number of nitrogens with zero attached hydrogens (tertiary/aromatic N) is 2. The van der Waals surface area contributed by atoms with Crippen LogP contribution in [-0.2, 0) is 13.0 Å². The zero-order valence-electron chi connectivity index (χ0n) is 12.1. The lowest BCUT2D eigenvalue weighted by Gasteiger charge is -2.42. The molecule has 0 unspecified atom stereocenters. The molecule has 5 heteroatoms. The van der Waals surface area contributed by atoms with Gasteiger partial charge in [-0.05, 0) is 46.7 Å². The second-order valence-electron chi connectivity index (χ2n) is 6.02. The SMILES string of the molecule is CCC1(Cn2c(CCCl)nc3cc(Br)c(F)cc32)CCC1. The average molecular weight is 374 g/mol. The maximum atomic E-state index is 13.9. The molecule has 0 spiro atoms. The Hall–Kier alpha value is -0.610. The summed E-state index contributed by atoms with van der Waals surface area (Å²) in [7, 11) is 0. The summed E-state index contributed by atoms with van der Waals surface area (Å²) >= 11 is 9.15. The molecule has 1 aliphatic carbocycles. The smallest absolute Gasteiger partial charge is 0.139 e. The van der Waals surface area contributed by atoms with Crippen molar-refractivity contribution in [1.82, 2.24) is 9.55 Å². The number of hydrogen-bond acceptors (Lipinski definition) is 1. The van der Waals surface area contributed by atoms with Crippen LogP contribution in [0.15, 0.2) is 16.6 Å². The maximum absolute atomic E-state index is 13.9. The van der Waals surface area contributed by atoms with Crippen LogP contribution in [0.2, 0.25) is 0 Å². The Morgan fingerprint density at radius 3 is 2.76 bits per heavy atom. The fourth-order valence-corrected chi connectivity index (χ4v) is 3.76. The zero-order valence-corrected chi connectivity index (χ0v) is 14.5. The van der Waals surface area contributed by atoms with Crippen molar-refractivity contribution in [2.45, 2.75) is 45.6 Å². The van der Waals surface area contributed by atoms with Crippen LogP contribution in [0, 0.1) is 11.2 Å². The summed E-state index contributed by atoms with van der Waals surface area (Å²) < 4.78 is 16.6. The second-order valence-corrected chi connectivity index (χ2v) is 7.25. The predicted octanol–water partition coefficient (Wildman–Crippen LogP) is 5.30. The largest absolute Gasteiger partial charge is 0.327 e. The van der Waals surface area contributed by atoms with Gasteiger partial charge >= 0.3 is 0 Å². The van der Waals surface area contributed by atoms with Crippen molar-refractivity contribution in [3.63, 3.8) is 0 Å². The van der Waals surface area contributed by atoms with Gasteiger partial charge in [0.05, 0.1) is 15.5 Å². The van der Waals surface area contributed by atoms with Gasteiger partial charge in [0.25, 0.3) is 0 Å². The Kier molecular flexibility index (Phi) is 4.28. The van der Waals surface area contributed by atoms with Crippen LogP contribution in [0.1, 0.15) is 38.4 Å². The molecule has 1 aromatic heterocycles. The standard InChI is InChI=1S/C16H19BrClFN2/c1-2-16(5-3-6-16)10-21-14-9-12(19)11(17)8-13(14)20-15(21)4-7-18/h8-9H,2-7,10H2,1H3. The van der Waals surface area contributed by atoms with Crippen LogP contribution in [-0.4, -0.2) is 15.4 Å². The van der Waals surface area contributed by atoms with Gasteiger partial charge in [-0.2, -0.15) is 0 Å². The Morgan fingerprint density at radius 2 is 2.19 bits per heavy atom. The van der Waals surface area contributed by atoms with E-state index in [1.165, 1.54) is 19.3 Å². The number of imidazole rings is 1. The van der Waals surface area contributed by atoms with Crippen LogP contribution >= 0.6 is 27.5 Å². The average Bonchev–Trinajstić information content (AvgIpc) is 2.72. The fraction of sp³-hybridized carbons (Fsp3) is 0.562. The third-order valence-electron chi connectivity index (χ3n) is 4.85. The van der Waals surface area contributed by atoms with Gasteiger partial charge in [-0.3, -0.25) is 0 Å². The van der Waals surface area contributed by atoms with Crippen molar-refractivity contribution in [2.75, 3.05) is 5.88 Å². The summed E-state index contributed by atoms with van der Waals surface area (Å²) in [6.07, 6.45) is 5.68. The van der Waals surface area contributed by atoms with E-state index in [2.05, 4.69) is 32.4 Å². The molecule has 0 amide bonds. The minimum atomic E-state index is -0.236. The molecule has 1 aliphatic rings. The van der Waals surface area contributed by atoms with Gasteiger partial charge in [0.1, 0.15) is 11.6 Å². The van der Waals surface area contributed by atoms with E-state index in [0.29, 0.717) is 15.8 Å². The fourth-order valence-electron chi connectivity index (χ4n) is 3.26. The lowest BCUT2D eigenvalue weighted by atomic mass is 9.67. The topological polar surface area (TPSA) is 17.8 Å². The monoisotopic (exact) mass is 372 g/mol. The molecule has 21 heavy (non-hydrogen) atoms. The van der Waals surface area contributed by atoms with E-state index >= 15 is 0 Å². The number of fused-ring (bicyclic) bond motifs is 1. The van der Waals surface area contributed by atoms with E-state index in [1.807, 2.05) is 0 Å². The number of aryl methyl sites for hydroxylation is 1. The van der Waals surface area contributed by atoms with Gasteiger partial charge in [0.15, 0.2) is 0 Å². The van der Waals surface area contributed by atoms with E-state index in [1.54, 1.807) is 12.1 Å². The van der Waals surface area contributed by atoms with Gasteiger partial charge in [0, 0.05) is 24.9 Å². The first-order chi connectivity index (χ1) is 10.1. The number of rotatable bonds is 5. The number of alkyl halides is 1. The second kappa shape index (κ2) is 5.88. The van der Waals surface area contributed by atoms with Crippen LogP contribution in [0.25, 0.3) is 11.0 Å². The van der Waals surface area contributed by atoms with E-state index in [4.69, 9.17) is 11.6 Å².